The first-order valence-corrected chi connectivity index (χ1v) is 9.42. The Bertz CT molecular complexity index is 777. The van der Waals surface area contributed by atoms with Crippen LogP contribution < -0.4 is 5.32 Å². The van der Waals surface area contributed by atoms with E-state index in [-0.39, 0.29) is 17.7 Å². The molecule has 1 atom stereocenters. The molecule has 1 aromatic carbocycles. The van der Waals surface area contributed by atoms with Gasteiger partial charge in [-0.3, -0.25) is 9.59 Å². The summed E-state index contributed by atoms with van der Waals surface area (Å²) in [6.45, 7) is 2.62. The smallest absolute Gasteiger partial charge is 0.263 e. The van der Waals surface area contributed by atoms with Crippen molar-refractivity contribution >= 4 is 23.2 Å². The molecule has 1 aliphatic rings. The number of nitrogens with zero attached hydrogens (tertiary/aromatic N) is 1. The molecule has 1 N–H and O–H groups in total. The average molecular weight is 356 g/mol. The lowest BCUT2D eigenvalue weighted by Crippen LogP contribution is -2.33. The fourth-order valence-electron chi connectivity index (χ4n) is 3.11. The Kier molecular flexibility index (Phi) is 5.23. The molecule has 2 amide bonds. The lowest BCUT2D eigenvalue weighted by molar-refractivity contribution is -0.125. The van der Waals surface area contributed by atoms with E-state index in [0.29, 0.717) is 6.54 Å². The van der Waals surface area contributed by atoms with Crippen molar-refractivity contribution in [3.8, 4) is 0 Å². The minimum atomic E-state index is -0.00476. The van der Waals surface area contributed by atoms with Crippen LogP contribution >= 0.6 is 11.3 Å². The number of nitrogens with one attached hydrogen (secondary N) is 1. The van der Waals surface area contributed by atoms with E-state index in [1.165, 1.54) is 10.4 Å². The van der Waals surface area contributed by atoms with Crippen LogP contribution in [0.25, 0.3) is 0 Å². The van der Waals surface area contributed by atoms with Gasteiger partial charge in [-0.05, 0) is 43.4 Å². The van der Waals surface area contributed by atoms with E-state index in [2.05, 4.69) is 24.4 Å². The maximum Gasteiger partial charge on any atom is 0.263 e. The van der Waals surface area contributed by atoms with Crippen molar-refractivity contribution in [3.63, 3.8) is 0 Å². The van der Waals surface area contributed by atoms with Crippen molar-refractivity contribution < 1.29 is 9.59 Å². The molecule has 1 aromatic heterocycles. The lowest BCUT2D eigenvalue weighted by atomic mass is 9.87. The third-order valence-electron chi connectivity index (χ3n) is 4.66. The van der Waals surface area contributed by atoms with Gasteiger partial charge in [0.15, 0.2) is 0 Å². The second kappa shape index (κ2) is 7.40. The predicted octanol–water partition coefficient (Wildman–Crippen LogP) is 3.18. The van der Waals surface area contributed by atoms with E-state index in [9.17, 15) is 9.59 Å². The second-order valence-corrected chi connectivity index (χ2v) is 8.04. The molecule has 1 unspecified atom stereocenters. The van der Waals surface area contributed by atoms with E-state index < -0.39 is 0 Å². The molecule has 0 radical (unpaired) electrons. The molecule has 4 nitrogen and oxygen atoms in total. The number of rotatable bonds is 4. The highest BCUT2D eigenvalue weighted by Crippen LogP contribution is 2.33. The second-order valence-electron chi connectivity index (χ2n) is 6.90. The summed E-state index contributed by atoms with van der Waals surface area (Å²) in [7, 11) is 3.53. The van der Waals surface area contributed by atoms with Crippen LogP contribution in [0.1, 0.15) is 37.7 Å². The summed E-state index contributed by atoms with van der Waals surface area (Å²) in [5.74, 6) is 0.146. The average Bonchev–Trinajstić information content (AvgIpc) is 3.03. The Morgan fingerprint density at radius 1 is 1.24 bits per heavy atom. The predicted molar refractivity (Wildman–Crippen MR) is 101 cm³/mol. The molecule has 0 bridgehead atoms. The van der Waals surface area contributed by atoms with Crippen molar-refractivity contribution in [1.82, 2.24) is 10.2 Å². The van der Waals surface area contributed by atoms with Crippen LogP contribution in [0.15, 0.2) is 30.3 Å². The van der Waals surface area contributed by atoms with Gasteiger partial charge in [0, 0.05) is 31.4 Å². The van der Waals surface area contributed by atoms with Gasteiger partial charge in [0.05, 0.1) is 4.88 Å². The van der Waals surface area contributed by atoms with Crippen LogP contribution in [-0.4, -0.2) is 30.8 Å². The SMILES string of the molecule is Cc1ccc(CNC(=O)C2CCc3sc(C(=O)N(C)C)cc3C2)cc1. The lowest BCUT2D eigenvalue weighted by Gasteiger charge is -2.21. The third kappa shape index (κ3) is 4.10. The molecule has 0 saturated carbocycles. The minimum Gasteiger partial charge on any atom is -0.352 e. The molecule has 5 heteroatoms. The Labute approximate surface area is 152 Å². The summed E-state index contributed by atoms with van der Waals surface area (Å²) >= 11 is 1.57. The zero-order valence-electron chi connectivity index (χ0n) is 15.0. The molecule has 0 aliphatic heterocycles. The molecular formula is C20H24N2O2S. The summed E-state index contributed by atoms with van der Waals surface area (Å²) < 4.78 is 0. The van der Waals surface area contributed by atoms with Gasteiger partial charge < -0.3 is 10.2 Å². The third-order valence-corrected chi connectivity index (χ3v) is 5.88. The first-order valence-electron chi connectivity index (χ1n) is 8.60. The van der Waals surface area contributed by atoms with Crippen molar-refractivity contribution in [2.24, 2.45) is 5.92 Å². The zero-order valence-corrected chi connectivity index (χ0v) is 15.8. The van der Waals surface area contributed by atoms with Gasteiger partial charge in [-0.1, -0.05) is 29.8 Å². The van der Waals surface area contributed by atoms with E-state index in [1.807, 2.05) is 18.2 Å². The highest BCUT2D eigenvalue weighted by atomic mass is 32.1. The first-order chi connectivity index (χ1) is 11.9. The molecule has 25 heavy (non-hydrogen) atoms. The summed E-state index contributed by atoms with van der Waals surface area (Å²) in [5.41, 5.74) is 3.50. The number of aryl methyl sites for hydroxylation is 2. The molecule has 2 aromatic rings. The molecular weight excluding hydrogens is 332 g/mol. The fraction of sp³-hybridized carbons (Fsp3) is 0.400. The molecule has 0 saturated heterocycles. The van der Waals surface area contributed by atoms with Crippen LogP contribution in [0, 0.1) is 12.8 Å². The number of thiophene rings is 1. The zero-order chi connectivity index (χ0) is 18.0. The molecule has 0 spiro atoms. The quantitative estimate of drug-likeness (QED) is 0.915. The molecule has 132 valence electrons. The van der Waals surface area contributed by atoms with Gasteiger partial charge in [0.25, 0.3) is 5.91 Å². The normalized spacial score (nSPS) is 16.2. The van der Waals surface area contributed by atoms with Crippen LogP contribution in [0.4, 0.5) is 0 Å². The molecule has 0 fully saturated rings. The van der Waals surface area contributed by atoms with Crippen molar-refractivity contribution in [1.29, 1.82) is 0 Å². The van der Waals surface area contributed by atoms with Gasteiger partial charge in [-0.25, -0.2) is 0 Å². The van der Waals surface area contributed by atoms with Crippen molar-refractivity contribution in [2.75, 3.05) is 14.1 Å². The summed E-state index contributed by atoms with van der Waals surface area (Å²) in [4.78, 5) is 28.3. The van der Waals surface area contributed by atoms with Crippen LogP contribution in [0.5, 0.6) is 0 Å². The van der Waals surface area contributed by atoms with Gasteiger partial charge in [-0.2, -0.15) is 0 Å². The highest BCUT2D eigenvalue weighted by molar-refractivity contribution is 7.14. The Hall–Kier alpha value is -2.14. The number of hydrogen-bond acceptors (Lipinski definition) is 3. The largest absolute Gasteiger partial charge is 0.352 e. The van der Waals surface area contributed by atoms with E-state index in [0.717, 1.165) is 35.3 Å². The number of carbonyl (C=O) groups is 2. The number of carbonyl (C=O) groups excluding carboxylic acids is 2. The Morgan fingerprint density at radius 3 is 2.64 bits per heavy atom. The van der Waals surface area contributed by atoms with Gasteiger partial charge in [0.1, 0.15) is 0 Å². The molecule has 1 aliphatic carbocycles. The van der Waals surface area contributed by atoms with Gasteiger partial charge in [-0.15, -0.1) is 11.3 Å². The fourth-order valence-corrected chi connectivity index (χ4v) is 4.34. The van der Waals surface area contributed by atoms with Gasteiger partial charge >= 0.3 is 0 Å². The first kappa shape index (κ1) is 17.7. The number of benzene rings is 1. The molecule has 1 heterocycles. The Morgan fingerprint density at radius 2 is 1.96 bits per heavy atom. The summed E-state index contributed by atoms with van der Waals surface area (Å²) in [6, 6.07) is 10.2. The van der Waals surface area contributed by atoms with Crippen LogP contribution in [0.2, 0.25) is 0 Å². The number of amides is 2. The topological polar surface area (TPSA) is 49.4 Å². The standard InChI is InChI=1S/C20H24N2O2S/c1-13-4-6-14(7-5-13)12-21-19(23)15-8-9-17-16(10-15)11-18(25-17)20(24)22(2)3/h4-7,11,15H,8-10,12H2,1-3H3,(H,21,23). The molecule has 3 rings (SSSR count). The van der Waals surface area contributed by atoms with Crippen LogP contribution in [0.3, 0.4) is 0 Å². The van der Waals surface area contributed by atoms with Crippen molar-refractivity contribution in [3.05, 3.63) is 56.8 Å². The van der Waals surface area contributed by atoms with Gasteiger partial charge in [0.2, 0.25) is 5.91 Å². The number of hydrogen-bond donors (Lipinski definition) is 1. The summed E-state index contributed by atoms with van der Waals surface area (Å²) in [5, 5.41) is 3.06. The monoisotopic (exact) mass is 356 g/mol. The van der Waals surface area contributed by atoms with E-state index >= 15 is 0 Å². The van der Waals surface area contributed by atoms with E-state index in [4.69, 9.17) is 0 Å². The van der Waals surface area contributed by atoms with Crippen LogP contribution in [-0.2, 0) is 24.2 Å². The number of fused-ring (bicyclic) bond motifs is 1. The van der Waals surface area contributed by atoms with Crippen molar-refractivity contribution in [2.45, 2.75) is 32.7 Å². The summed E-state index contributed by atoms with van der Waals surface area (Å²) in [6.07, 6.45) is 2.46. The minimum absolute atomic E-state index is 0.00476. The van der Waals surface area contributed by atoms with E-state index in [1.54, 1.807) is 30.3 Å². The highest BCUT2D eigenvalue weighted by Gasteiger charge is 2.27. The maximum absolute atomic E-state index is 12.5. The maximum atomic E-state index is 12.5. The Balaban J connectivity index is 1.61.